The molecular weight excluding hydrogens is 268 g/mol. The largest absolute Gasteiger partial charge is 0.378 e. The van der Waals surface area contributed by atoms with Gasteiger partial charge in [-0.15, -0.1) is 11.8 Å². The van der Waals surface area contributed by atoms with Crippen LogP contribution in [0.25, 0.3) is 0 Å². The van der Waals surface area contributed by atoms with Crippen molar-refractivity contribution in [3.05, 3.63) is 17.6 Å². The highest BCUT2D eigenvalue weighted by atomic mass is 32.2. The summed E-state index contributed by atoms with van der Waals surface area (Å²) >= 11 is 3.89. The Kier molecular flexibility index (Phi) is 5.11. The summed E-state index contributed by atoms with van der Waals surface area (Å²) in [5.74, 6) is 9.29. The van der Waals surface area contributed by atoms with Crippen LogP contribution in [0.1, 0.15) is 23.7 Å². The molecule has 0 radical (unpaired) electrons. The van der Waals surface area contributed by atoms with E-state index in [2.05, 4.69) is 22.3 Å². The van der Waals surface area contributed by atoms with Crippen LogP contribution in [0.5, 0.6) is 0 Å². The number of thioether (sulfide) groups is 2. The van der Waals surface area contributed by atoms with Gasteiger partial charge >= 0.3 is 0 Å². The van der Waals surface area contributed by atoms with Gasteiger partial charge < -0.3 is 10.2 Å². The van der Waals surface area contributed by atoms with Crippen molar-refractivity contribution in [1.29, 1.82) is 0 Å². The molecule has 2 heterocycles. The molecule has 1 saturated heterocycles. The molecule has 5 nitrogen and oxygen atoms in total. The molecule has 0 aromatic carbocycles. The van der Waals surface area contributed by atoms with Crippen LogP contribution < -0.4 is 11.3 Å². The lowest BCUT2D eigenvalue weighted by Gasteiger charge is -2.27. The number of methoxy groups -OCH3 is 1. The summed E-state index contributed by atoms with van der Waals surface area (Å²) in [6.07, 6.45) is 0. The predicted molar refractivity (Wildman–Crippen MR) is 77.7 cm³/mol. The summed E-state index contributed by atoms with van der Waals surface area (Å²) in [7, 11) is 1.66. The van der Waals surface area contributed by atoms with E-state index in [9.17, 15) is 0 Å². The highest BCUT2D eigenvalue weighted by molar-refractivity contribution is 8.06. The number of nitrogen functional groups attached to an aromatic ring is 1. The van der Waals surface area contributed by atoms with E-state index in [4.69, 9.17) is 10.6 Å². The molecule has 1 aliphatic heterocycles. The molecule has 7 heteroatoms. The van der Waals surface area contributed by atoms with Crippen LogP contribution >= 0.6 is 23.5 Å². The molecule has 0 bridgehead atoms. The number of hydrazine groups is 1. The number of rotatable bonds is 4. The first-order valence-corrected chi connectivity index (χ1v) is 7.91. The number of ether oxygens (including phenoxy) is 1. The number of nitrogens with one attached hydrogen (secondary N) is 1. The minimum atomic E-state index is 0.327. The third kappa shape index (κ3) is 3.28. The second kappa shape index (κ2) is 6.60. The highest BCUT2D eigenvalue weighted by Crippen LogP contribution is 2.41. The summed E-state index contributed by atoms with van der Waals surface area (Å²) in [4.78, 5) is 9.05. The molecule has 1 aliphatic rings. The molecule has 2 atom stereocenters. The van der Waals surface area contributed by atoms with Crippen molar-refractivity contribution < 1.29 is 4.74 Å². The Hall–Kier alpha value is -0.500. The Labute approximate surface area is 116 Å². The van der Waals surface area contributed by atoms with Crippen LogP contribution in [0.4, 0.5) is 5.82 Å². The van der Waals surface area contributed by atoms with Crippen molar-refractivity contribution >= 4 is 29.3 Å². The van der Waals surface area contributed by atoms with Crippen molar-refractivity contribution in [2.75, 3.05) is 24.0 Å². The zero-order chi connectivity index (χ0) is 13.0. The van der Waals surface area contributed by atoms with Crippen molar-refractivity contribution in [2.24, 2.45) is 5.84 Å². The van der Waals surface area contributed by atoms with E-state index in [0.717, 1.165) is 17.3 Å². The van der Waals surface area contributed by atoms with Gasteiger partial charge in [-0.2, -0.15) is 11.8 Å². The first-order chi connectivity index (χ1) is 8.74. The van der Waals surface area contributed by atoms with Gasteiger partial charge in [-0.05, 0) is 0 Å². The van der Waals surface area contributed by atoms with Crippen molar-refractivity contribution in [3.8, 4) is 0 Å². The molecular formula is C11H18N4OS2. The molecule has 100 valence electrons. The number of nitrogens with zero attached hydrogens (tertiary/aromatic N) is 2. The lowest BCUT2D eigenvalue weighted by molar-refractivity contribution is 0.181. The number of anilines is 1. The summed E-state index contributed by atoms with van der Waals surface area (Å²) in [5.41, 5.74) is 3.46. The monoisotopic (exact) mass is 286 g/mol. The Balaban J connectivity index is 2.27. The van der Waals surface area contributed by atoms with Crippen molar-refractivity contribution in [1.82, 2.24) is 9.97 Å². The molecule has 1 fully saturated rings. The SMILES string of the molecule is COCc1cc(NN)nc(C2SCCSC2C)n1. The second-order valence-electron chi connectivity index (χ2n) is 4.05. The van der Waals surface area contributed by atoms with Gasteiger partial charge in [-0.1, -0.05) is 6.92 Å². The van der Waals surface area contributed by atoms with Crippen LogP contribution in [0, 0.1) is 0 Å². The van der Waals surface area contributed by atoms with Crippen LogP contribution in [0.15, 0.2) is 6.07 Å². The minimum absolute atomic E-state index is 0.327. The molecule has 2 rings (SSSR count). The Morgan fingerprint density at radius 2 is 2.22 bits per heavy atom. The lowest BCUT2D eigenvalue weighted by Crippen LogP contribution is -2.20. The van der Waals surface area contributed by atoms with E-state index >= 15 is 0 Å². The molecule has 1 aromatic heterocycles. The fourth-order valence-corrected chi connectivity index (χ4v) is 4.55. The Bertz CT molecular complexity index is 405. The van der Waals surface area contributed by atoms with Gasteiger partial charge in [-0.3, -0.25) is 0 Å². The van der Waals surface area contributed by atoms with E-state index in [0.29, 0.717) is 22.9 Å². The third-order valence-corrected chi connectivity index (χ3v) is 5.77. The topological polar surface area (TPSA) is 73.1 Å². The van der Waals surface area contributed by atoms with Gasteiger partial charge in [0.25, 0.3) is 0 Å². The summed E-state index contributed by atoms with van der Waals surface area (Å²) in [5, 5.41) is 0.847. The number of hydrogen-bond acceptors (Lipinski definition) is 7. The quantitative estimate of drug-likeness (QED) is 0.646. The number of aromatic nitrogens is 2. The molecule has 0 saturated carbocycles. The number of nitrogens with two attached hydrogens (primary N) is 1. The van der Waals surface area contributed by atoms with E-state index < -0.39 is 0 Å². The first kappa shape index (κ1) is 13.9. The Morgan fingerprint density at radius 1 is 1.44 bits per heavy atom. The maximum atomic E-state index is 5.45. The summed E-state index contributed by atoms with van der Waals surface area (Å²) in [6, 6.07) is 1.82. The normalized spacial score (nSPS) is 23.9. The fraction of sp³-hybridized carbons (Fsp3) is 0.636. The van der Waals surface area contributed by atoms with Gasteiger partial charge in [0, 0.05) is 29.9 Å². The van der Waals surface area contributed by atoms with Gasteiger partial charge in [-0.25, -0.2) is 15.8 Å². The molecule has 0 aliphatic carbocycles. The van der Waals surface area contributed by atoms with Crippen LogP contribution in [-0.2, 0) is 11.3 Å². The highest BCUT2D eigenvalue weighted by Gasteiger charge is 2.27. The fourth-order valence-electron chi connectivity index (χ4n) is 1.86. The molecule has 0 amide bonds. The average molecular weight is 286 g/mol. The van der Waals surface area contributed by atoms with Gasteiger partial charge in [0.05, 0.1) is 17.6 Å². The Morgan fingerprint density at radius 3 is 2.89 bits per heavy atom. The average Bonchev–Trinajstić information content (AvgIpc) is 2.39. The maximum Gasteiger partial charge on any atom is 0.145 e. The molecule has 18 heavy (non-hydrogen) atoms. The zero-order valence-corrected chi connectivity index (χ0v) is 12.2. The minimum Gasteiger partial charge on any atom is -0.378 e. The summed E-state index contributed by atoms with van der Waals surface area (Å²) < 4.78 is 5.13. The standard InChI is InChI=1S/C11H18N4OS2/c1-7-10(18-4-3-17-7)11-13-8(6-16-2)5-9(14-11)15-12/h5,7,10H,3-4,6,12H2,1-2H3,(H,13,14,15). The molecule has 1 aromatic rings. The third-order valence-electron chi connectivity index (χ3n) is 2.68. The second-order valence-corrected chi connectivity index (χ2v) is 6.78. The maximum absolute atomic E-state index is 5.45. The summed E-state index contributed by atoms with van der Waals surface area (Å²) in [6.45, 7) is 2.70. The predicted octanol–water partition coefficient (Wildman–Crippen LogP) is 1.82. The lowest BCUT2D eigenvalue weighted by atomic mass is 10.3. The van der Waals surface area contributed by atoms with E-state index in [1.165, 1.54) is 5.75 Å². The van der Waals surface area contributed by atoms with E-state index in [-0.39, 0.29) is 0 Å². The van der Waals surface area contributed by atoms with E-state index in [1.807, 2.05) is 29.6 Å². The van der Waals surface area contributed by atoms with E-state index in [1.54, 1.807) is 7.11 Å². The smallest absolute Gasteiger partial charge is 0.145 e. The molecule has 3 N–H and O–H groups in total. The zero-order valence-electron chi connectivity index (χ0n) is 10.5. The molecule has 2 unspecified atom stereocenters. The number of hydrogen-bond donors (Lipinski definition) is 2. The first-order valence-electron chi connectivity index (χ1n) is 5.81. The van der Waals surface area contributed by atoms with Crippen molar-refractivity contribution in [3.63, 3.8) is 0 Å². The van der Waals surface area contributed by atoms with Gasteiger partial charge in [0.15, 0.2) is 0 Å². The van der Waals surface area contributed by atoms with Crippen LogP contribution in [-0.4, -0.2) is 33.8 Å². The molecule has 0 spiro atoms. The van der Waals surface area contributed by atoms with Crippen molar-refractivity contribution in [2.45, 2.75) is 24.0 Å². The van der Waals surface area contributed by atoms with Crippen LogP contribution in [0.2, 0.25) is 0 Å². The van der Waals surface area contributed by atoms with Crippen LogP contribution in [0.3, 0.4) is 0 Å². The van der Waals surface area contributed by atoms with Gasteiger partial charge in [0.2, 0.25) is 0 Å². The van der Waals surface area contributed by atoms with Gasteiger partial charge in [0.1, 0.15) is 11.6 Å².